The summed E-state index contributed by atoms with van der Waals surface area (Å²) < 4.78 is 0. The molecule has 22 heavy (non-hydrogen) atoms. The Morgan fingerprint density at radius 3 is 2.36 bits per heavy atom. The van der Waals surface area contributed by atoms with Crippen molar-refractivity contribution in [1.82, 2.24) is 9.88 Å². The van der Waals surface area contributed by atoms with Crippen molar-refractivity contribution >= 4 is 17.7 Å². The Bertz CT molecular complexity index is 596. The number of hydrogen-bond acceptors (Lipinski definition) is 3. The van der Waals surface area contributed by atoms with E-state index < -0.39 is 0 Å². The van der Waals surface area contributed by atoms with Crippen molar-refractivity contribution in [2.75, 3.05) is 13.6 Å². The van der Waals surface area contributed by atoms with Gasteiger partial charge in [-0.25, -0.2) is 0 Å². The smallest absolute Gasteiger partial charge is 0.253 e. The van der Waals surface area contributed by atoms with Crippen LogP contribution in [0.3, 0.4) is 0 Å². The summed E-state index contributed by atoms with van der Waals surface area (Å²) in [6, 6.07) is 11.8. The van der Waals surface area contributed by atoms with Gasteiger partial charge in [-0.15, -0.1) is 11.8 Å². The van der Waals surface area contributed by atoms with E-state index in [0.29, 0.717) is 11.8 Å². The van der Waals surface area contributed by atoms with Crippen molar-refractivity contribution in [3.05, 3.63) is 59.9 Å². The highest BCUT2D eigenvalue weighted by atomic mass is 32.2. The lowest BCUT2D eigenvalue weighted by Gasteiger charge is -2.17. The van der Waals surface area contributed by atoms with Gasteiger partial charge in [0.05, 0.1) is 0 Å². The predicted molar refractivity (Wildman–Crippen MR) is 92.3 cm³/mol. The number of thioether (sulfide) groups is 1. The Labute approximate surface area is 136 Å². The highest BCUT2D eigenvalue weighted by Crippen LogP contribution is 2.23. The van der Waals surface area contributed by atoms with E-state index >= 15 is 0 Å². The van der Waals surface area contributed by atoms with Crippen LogP contribution in [0.5, 0.6) is 0 Å². The van der Waals surface area contributed by atoms with Gasteiger partial charge in [-0.1, -0.05) is 13.8 Å². The van der Waals surface area contributed by atoms with E-state index in [1.807, 2.05) is 43.4 Å². The van der Waals surface area contributed by atoms with Gasteiger partial charge in [0.2, 0.25) is 0 Å². The average Bonchev–Trinajstić information content (AvgIpc) is 2.53. The molecule has 1 amide bonds. The fourth-order valence-electron chi connectivity index (χ4n) is 2.12. The van der Waals surface area contributed by atoms with E-state index in [1.165, 1.54) is 10.5 Å². The molecule has 0 aliphatic rings. The van der Waals surface area contributed by atoms with Crippen LogP contribution < -0.4 is 0 Å². The molecule has 0 spiro atoms. The third kappa shape index (κ3) is 4.88. The molecule has 1 heterocycles. The molecule has 0 N–H and O–H groups in total. The van der Waals surface area contributed by atoms with Crippen LogP contribution in [0.2, 0.25) is 0 Å². The van der Waals surface area contributed by atoms with Gasteiger partial charge in [0, 0.05) is 41.7 Å². The van der Waals surface area contributed by atoms with Crippen LogP contribution in [0.1, 0.15) is 29.8 Å². The number of aromatic nitrogens is 1. The zero-order chi connectivity index (χ0) is 15.9. The molecular weight excluding hydrogens is 292 g/mol. The van der Waals surface area contributed by atoms with E-state index in [9.17, 15) is 4.79 Å². The molecule has 0 unspecified atom stereocenters. The molecule has 3 nitrogen and oxygen atoms in total. The SMILES string of the molecule is CC(C)Sc1ccc(C(=O)N(C)CCc2ccncc2)cc1. The first kappa shape index (κ1) is 16.6. The summed E-state index contributed by atoms with van der Waals surface area (Å²) in [5, 5.41) is 0.546. The summed E-state index contributed by atoms with van der Waals surface area (Å²) >= 11 is 1.80. The van der Waals surface area contributed by atoms with E-state index in [4.69, 9.17) is 0 Å². The molecule has 4 heteroatoms. The Morgan fingerprint density at radius 1 is 1.14 bits per heavy atom. The van der Waals surface area contributed by atoms with Crippen LogP contribution >= 0.6 is 11.8 Å². The molecule has 0 radical (unpaired) electrons. The number of carbonyl (C=O) groups is 1. The fourth-order valence-corrected chi connectivity index (χ4v) is 2.95. The minimum absolute atomic E-state index is 0.0650. The second-order valence-corrected chi connectivity index (χ2v) is 7.17. The van der Waals surface area contributed by atoms with Crippen LogP contribution in [0.4, 0.5) is 0 Å². The molecule has 0 atom stereocenters. The number of benzene rings is 1. The van der Waals surface area contributed by atoms with E-state index in [-0.39, 0.29) is 5.91 Å². The molecule has 116 valence electrons. The van der Waals surface area contributed by atoms with Crippen LogP contribution in [-0.2, 0) is 6.42 Å². The van der Waals surface area contributed by atoms with Crippen LogP contribution in [0.15, 0.2) is 53.7 Å². The third-order valence-electron chi connectivity index (χ3n) is 3.30. The zero-order valence-corrected chi connectivity index (χ0v) is 14.1. The predicted octanol–water partition coefficient (Wildman–Crippen LogP) is 3.90. The molecule has 2 rings (SSSR count). The van der Waals surface area contributed by atoms with Crippen molar-refractivity contribution < 1.29 is 4.79 Å². The Hall–Kier alpha value is -1.81. The maximum atomic E-state index is 12.4. The maximum Gasteiger partial charge on any atom is 0.253 e. The quantitative estimate of drug-likeness (QED) is 0.758. The summed E-state index contributed by atoms with van der Waals surface area (Å²) in [7, 11) is 1.85. The summed E-state index contributed by atoms with van der Waals surface area (Å²) in [5.74, 6) is 0.0650. The van der Waals surface area contributed by atoms with Crippen LogP contribution in [0, 0.1) is 0 Å². The largest absolute Gasteiger partial charge is 0.341 e. The Kier molecular flexibility index (Phi) is 6.01. The molecular formula is C18H22N2OS. The first-order chi connectivity index (χ1) is 10.6. The minimum Gasteiger partial charge on any atom is -0.341 e. The van der Waals surface area contributed by atoms with Gasteiger partial charge >= 0.3 is 0 Å². The average molecular weight is 314 g/mol. The number of rotatable bonds is 6. The molecule has 0 aliphatic carbocycles. The summed E-state index contributed by atoms with van der Waals surface area (Å²) in [6.45, 7) is 5.03. The van der Waals surface area contributed by atoms with Crippen molar-refractivity contribution in [2.45, 2.75) is 30.4 Å². The maximum absolute atomic E-state index is 12.4. The van der Waals surface area contributed by atoms with E-state index in [0.717, 1.165) is 12.0 Å². The zero-order valence-electron chi connectivity index (χ0n) is 13.3. The number of amides is 1. The van der Waals surface area contributed by atoms with Crippen molar-refractivity contribution in [2.24, 2.45) is 0 Å². The lowest BCUT2D eigenvalue weighted by atomic mass is 10.1. The summed E-state index contributed by atoms with van der Waals surface area (Å²) in [4.78, 5) is 19.4. The van der Waals surface area contributed by atoms with E-state index in [2.05, 4.69) is 18.8 Å². The van der Waals surface area contributed by atoms with Crippen LogP contribution in [0.25, 0.3) is 0 Å². The number of nitrogens with zero attached hydrogens (tertiary/aromatic N) is 2. The molecule has 1 aromatic carbocycles. The number of likely N-dealkylation sites (N-methyl/N-ethyl adjacent to an activating group) is 1. The number of pyridine rings is 1. The molecule has 0 aliphatic heterocycles. The third-order valence-corrected chi connectivity index (χ3v) is 4.32. The van der Waals surface area contributed by atoms with Gasteiger partial charge in [-0.2, -0.15) is 0 Å². The topological polar surface area (TPSA) is 33.2 Å². The minimum atomic E-state index is 0.0650. The van der Waals surface area contributed by atoms with Gasteiger partial charge in [0.15, 0.2) is 0 Å². The molecule has 0 fully saturated rings. The normalized spacial score (nSPS) is 10.7. The summed E-state index contributed by atoms with van der Waals surface area (Å²) in [5.41, 5.74) is 1.93. The van der Waals surface area contributed by atoms with Gasteiger partial charge in [-0.05, 0) is 48.4 Å². The molecule has 1 aromatic heterocycles. The van der Waals surface area contributed by atoms with Crippen molar-refractivity contribution in [3.8, 4) is 0 Å². The van der Waals surface area contributed by atoms with Gasteiger partial charge in [-0.3, -0.25) is 9.78 Å². The van der Waals surface area contributed by atoms with Gasteiger partial charge in [0.1, 0.15) is 0 Å². The summed E-state index contributed by atoms with van der Waals surface area (Å²) in [6.07, 6.45) is 4.40. The Morgan fingerprint density at radius 2 is 1.77 bits per heavy atom. The Balaban J connectivity index is 1.92. The van der Waals surface area contributed by atoms with Gasteiger partial charge < -0.3 is 4.90 Å². The highest BCUT2D eigenvalue weighted by molar-refractivity contribution is 7.99. The van der Waals surface area contributed by atoms with Crippen molar-refractivity contribution in [1.29, 1.82) is 0 Å². The second kappa shape index (κ2) is 7.99. The van der Waals surface area contributed by atoms with E-state index in [1.54, 1.807) is 29.1 Å². The number of carbonyl (C=O) groups excluding carboxylic acids is 1. The molecule has 2 aromatic rings. The molecule has 0 saturated carbocycles. The molecule has 0 bridgehead atoms. The number of hydrogen-bond donors (Lipinski definition) is 0. The van der Waals surface area contributed by atoms with Crippen molar-refractivity contribution in [3.63, 3.8) is 0 Å². The second-order valence-electron chi connectivity index (χ2n) is 5.52. The molecule has 0 saturated heterocycles. The lowest BCUT2D eigenvalue weighted by Crippen LogP contribution is -2.28. The first-order valence-electron chi connectivity index (χ1n) is 7.47. The first-order valence-corrected chi connectivity index (χ1v) is 8.35. The fraction of sp³-hybridized carbons (Fsp3) is 0.333. The lowest BCUT2D eigenvalue weighted by molar-refractivity contribution is 0.0796. The van der Waals surface area contributed by atoms with Gasteiger partial charge in [0.25, 0.3) is 5.91 Å². The monoisotopic (exact) mass is 314 g/mol. The highest BCUT2D eigenvalue weighted by Gasteiger charge is 2.11. The van der Waals surface area contributed by atoms with Crippen LogP contribution in [-0.4, -0.2) is 34.6 Å². The standard InChI is InChI=1S/C18H22N2OS/c1-14(2)22-17-6-4-16(5-7-17)18(21)20(3)13-10-15-8-11-19-12-9-15/h4-9,11-12,14H,10,13H2,1-3H3.